The maximum atomic E-state index is 11.9. The van der Waals surface area contributed by atoms with Crippen LogP contribution in [-0.4, -0.2) is 38.2 Å². The van der Waals surface area contributed by atoms with Gasteiger partial charge in [-0.2, -0.15) is 13.2 Å². The lowest BCUT2D eigenvalue weighted by Crippen LogP contribution is -2.36. The zero-order chi connectivity index (χ0) is 15.2. The van der Waals surface area contributed by atoms with Crippen molar-refractivity contribution in [1.82, 2.24) is 10.6 Å². The predicted molar refractivity (Wildman–Crippen MR) is 64.4 cm³/mol. The Labute approximate surface area is 113 Å². The van der Waals surface area contributed by atoms with Crippen molar-refractivity contribution in [3.8, 4) is 5.75 Å². The van der Waals surface area contributed by atoms with Gasteiger partial charge in [0.2, 0.25) is 0 Å². The van der Waals surface area contributed by atoms with E-state index >= 15 is 0 Å². The number of halogens is 3. The van der Waals surface area contributed by atoms with Crippen LogP contribution < -0.4 is 15.4 Å². The van der Waals surface area contributed by atoms with Gasteiger partial charge in [0.05, 0.1) is 5.56 Å². The second-order valence-corrected chi connectivity index (χ2v) is 3.76. The van der Waals surface area contributed by atoms with Crippen LogP contribution in [0.1, 0.15) is 10.4 Å². The van der Waals surface area contributed by atoms with Crippen LogP contribution in [0.4, 0.5) is 13.2 Å². The lowest BCUT2D eigenvalue weighted by atomic mass is 10.2. The number of hydrogen-bond donors (Lipinski definition) is 2. The van der Waals surface area contributed by atoms with Gasteiger partial charge in [0.1, 0.15) is 12.3 Å². The third kappa shape index (κ3) is 5.17. The van der Waals surface area contributed by atoms with Gasteiger partial charge in [-0.1, -0.05) is 12.1 Å². The Morgan fingerprint density at radius 3 is 2.50 bits per heavy atom. The molecule has 0 aromatic heterocycles. The number of carbonyl (C=O) groups excluding carboxylic acids is 2. The summed E-state index contributed by atoms with van der Waals surface area (Å²) in [5, 5.41) is 4.05. The summed E-state index contributed by atoms with van der Waals surface area (Å²) in [7, 11) is 1.43. The first-order valence-corrected chi connectivity index (χ1v) is 5.61. The molecule has 0 aliphatic carbocycles. The fourth-order valence-electron chi connectivity index (χ4n) is 1.31. The summed E-state index contributed by atoms with van der Waals surface area (Å²) >= 11 is 0. The summed E-state index contributed by atoms with van der Waals surface area (Å²) in [6.07, 6.45) is -4.48. The van der Waals surface area contributed by atoms with Gasteiger partial charge in [0.15, 0.2) is 6.61 Å². The second-order valence-electron chi connectivity index (χ2n) is 3.76. The number of ether oxygens (including phenoxy) is 1. The topological polar surface area (TPSA) is 67.4 Å². The molecule has 2 N–H and O–H groups in total. The van der Waals surface area contributed by atoms with Gasteiger partial charge < -0.3 is 15.4 Å². The molecule has 0 spiro atoms. The number of benzene rings is 1. The zero-order valence-corrected chi connectivity index (χ0v) is 10.6. The van der Waals surface area contributed by atoms with Crippen molar-refractivity contribution in [3.05, 3.63) is 29.8 Å². The smallest absolute Gasteiger partial charge is 0.405 e. The van der Waals surface area contributed by atoms with Crippen molar-refractivity contribution < 1.29 is 27.5 Å². The molecule has 0 aliphatic heterocycles. The van der Waals surface area contributed by atoms with E-state index < -0.39 is 31.1 Å². The molecule has 1 rings (SSSR count). The first-order chi connectivity index (χ1) is 9.33. The summed E-state index contributed by atoms with van der Waals surface area (Å²) in [5.74, 6) is -1.22. The average molecular weight is 290 g/mol. The first-order valence-electron chi connectivity index (χ1n) is 5.61. The van der Waals surface area contributed by atoms with Crippen molar-refractivity contribution in [1.29, 1.82) is 0 Å². The van der Waals surface area contributed by atoms with Crippen LogP contribution in [0.5, 0.6) is 5.75 Å². The number of rotatable bonds is 5. The molecule has 0 radical (unpaired) electrons. The molecule has 20 heavy (non-hydrogen) atoms. The van der Waals surface area contributed by atoms with Gasteiger partial charge in [-0.25, -0.2) is 0 Å². The second kappa shape index (κ2) is 6.78. The molecule has 0 unspecified atom stereocenters. The highest BCUT2D eigenvalue weighted by Crippen LogP contribution is 2.17. The van der Waals surface area contributed by atoms with Crippen LogP contribution in [0.3, 0.4) is 0 Å². The third-order valence-corrected chi connectivity index (χ3v) is 2.20. The van der Waals surface area contributed by atoms with Gasteiger partial charge in [-0.05, 0) is 12.1 Å². The molecule has 5 nitrogen and oxygen atoms in total. The predicted octanol–water partition coefficient (Wildman–Crippen LogP) is 1.10. The molecule has 0 fully saturated rings. The number of nitrogens with one attached hydrogen (secondary N) is 2. The highest BCUT2D eigenvalue weighted by Gasteiger charge is 2.27. The Morgan fingerprint density at radius 2 is 1.90 bits per heavy atom. The highest BCUT2D eigenvalue weighted by molar-refractivity contribution is 5.96. The third-order valence-electron chi connectivity index (χ3n) is 2.20. The summed E-state index contributed by atoms with van der Waals surface area (Å²) < 4.78 is 40.7. The van der Waals surface area contributed by atoms with Gasteiger partial charge in [0, 0.05) is 7.05 Å². The molecule has 0 aliphatic rings. The minimum Gasteiger partial charge on any atom is -0.483 e. The molecule has 0 saturated heterocycles. The molecule has 0 saturated carbocycles. The van der Waals surface area contributed by atoms with Crippen LogP contribution in [-0.2, 0) is 4.79 Å². The molecule has 0 bridgehead atoms. The van der Waals surface area contributed by atoms with Gasteiger partial charge in [0.25, 0.3) is 11.8 Å². The SMILES string of the molecule is CNC(=O)c1ccccc1OCC(=O)NCC(F)(F)F. The molecule has 0 atom stereocenters. The number of amides is 2. The van der Waals surface area contributed by atoms with Crippen molar-refractivity contribution in [3.63, 3.8) is 0 Å². The van der Waals surface area contributed by atoms with Crippen molar-refractivity contribution >= 4 is 11.8 Å². The molecule has 110 valence electrons. The van der Waals surface area contributed by atoms with Crippen molar-refractivity contribution in [2.24, 2.45) is 0 Å². The fourth-order valence-corrected chi connectivity index (χ4v) is 1.31. The van der Waals surface area contributed by atoms with Crippen LogP contribution in [0.25, 0.3) is 0 Å². The van der Waals surface area contributed by atoms with Crippen LogP contribution >= 0.6 is 0 Å². The van der Waals surface area contributed by atoms with Crippen LogP contribution in [0.15, 0.2) is 24.3 Å². The minimum absolute atomic E-state index is 0.119. The Bertz CT molecular complexity index is 489. The Hall–Kier alpha value is -2.25. The van der Waals surface area contributed by atoms with Crippen molar-refractivity contribution in [2.75, 3.05) is 20.2 Å². The Kier molecular flexibility index (Phi) is 5.36. The number of carbonyl (C=O) groups is 2. The Morgan fingerprint density at radius 1 is 1.25 bits per heavy atom. The maximum absolute atomic E-state index is 11.9. The Balaban J connectivity index is 2.58. The van der Waals surface area contributed by atoms with E-state index in [1.54, 1.807) is 17.4 Å². The van der Waals surface area contributed by atoms with Crippen molar-refractivity contribution in [2.45, 2.75) is 6.18 Å². The number of alkyl halides is 3. The quantitative estimate of drug-likeness (QED) is 0.853. The van der Waals surface area contributed by atoms with E-state index in [9.17, 15) is 22.8 Å². The highest BCUT2D eigenvalue weighted by atomic mass is 19.4. The lowest BCUT2D eigenvalue weighted by molar-refractivity contribution is -0.139. The monoisotopic (exact) mass is 290 g/mol. The lowest BCUT2D eigenvalue weighted by Gasteiger charge is -2.11. The van der Waals surface area contributed by atoms with Gasteiger partial charge >= 0.3 is 6.18 Å². The zero-order valence-electron chi connectivity index (χ0n) is 10.6. The maximum Gasteiger partial charge on any atom is 0.405 e. The number of hydrogen-bond acceptors (Lipinski definition) is 3. The minimum atomic E-state index is -4.48. The molecule has 0 heterocycles. The summed E-state index contributed by atoms with van der Waals surface area (Å²) in [6, 6.07) is 6.10. The van der Waals surface area contributed by atoms with E-state index in [2.05, 4.69) is 5.32 Å². The largest absolute Gasteiger partial charge is 0.483 e. The number of para-hydroxylation sites is 1. The summed E-state index contributed by atoms with van der Waals surface area (Å²) in [5.41, 5.74) is 0.193. The van der Waals surface area contributed by atoms with Crippen LogP contribution in [0, 0.1) is 0 Å². The van der Waals surface area contributed by atoms with E-state index in [1.807, 2.05) is 0 Å². The van der Waals surface area contributed by atoms with Gasteiger partial charge in [-0.3, -0.25) is 9.59 Å². The molecule has 2 amide bonds. The van der Waals surface area contributed by atoms with E-state index in [1.165, 1.54) is 19.2 Å². The molecule has 1 aromatic rings. The van der Waals surface area contributed by atoms with Gasteiger partial charge in [-0.15, -0.1) is 0 Å². The first kappa shape index (κ1) is 15.8. The molecular formula is C12H13F3N2O3. The van der Waals surface area contributed by atoms with E-state index in [4.69, 9.17) is 4.74 Å². The van der Waals surface area contributed by atoms with E-state index in [-0.39, 0.29) is 11.3 Å². The summed E-state index contributed by atoms with van der Waals surface area (Å²) in [4.78, 5) is 22.7. The van der Waals surface area contributed by atoms with Crippen LogP contribution in [0.2, 0.25) is 0 Å². The molecule has 8 heteroatoms. The molecular weight excluding hydrogens is 277 g/mol. The average Bonchev–Trinajstić information content (AvgIpc) is 2.41. The summed E-state index contributed by atoms with van der Waals surface area (Å²) in [6.45, 7) is -2.03. The van der Waals surface area contributed by atoms with E-state index in [0.717, 1.165) is 0 Å². The fraction of sp³-hybridized carbons (Fsp3) is 0.333. The standard InChI is InChI=1S/C12H13F3N2O3/c1-16-11(19)8-4-2-3-5-9(8)20-6-10(18)17-7-12(13,14)15/h2-5H,6-7H2,1H3,(H,16,19)(H,17,18). The normalized spacial score (nSPS) is 10.8. The van der Waals surface area contributed by atoms with E-state index in [0.29, 0.717) is 0 Å². The molecule has 1 aromatic carbocycles.